The van der Waals surface area contributed by atoms with Crippen molar-refractivity contribution in [3.63, 3.8) is 0 Å². The summed E-state index contributed by atoms with van der Waals surface area (Å²) in [4.78, 5) is 25.7. The number of nitrogens with one attached hydrogen (secondary N) is 1. The molecular weight excluding hydrogens is 302 g/mol. The van der Waals surface area contributed by atoms with E-state index in [0.717, 1.165) is 5.69 Å². The summed E-state index contributed by atoms with van der Waals surface area (Å²) in [7, 11) is 3.78. The number of carbonyl (C=O) groups is 2. The maximum Gasteiger partial charge on any atom is 0.255 e. The Balaban J connectivity index is 2.32. The Bertz CT molecular complexity index is 729. The van der Waals surface area contributed by atoms with Crippen LogP contribution in [0.5, 0.6) is 0 Å². The zero-order valence-electron chi connectivity index (χ0n) is 12.3. The number of hydrogen-bond donors (Lipinski definition) is 2. The molecule has 0 aliphatic rings. The number of primary amides is 1. The highest BCUT2D eigenvalue weighted by molar-refractivity contribution is 6.34. The Morgan fingerprint density at radius 1 is 1.14 bits per heavy atom. The number of benzene rings is 2. The minimum absolute atomic E-state index is 0.0984. The molecule has 2 rings (SSSR count). The van der Waals surface area contributed by atoms with E-state index in [1.165, 1.54) is 0 Å². The number of rotatable bonds is 4. The third-order valence-electron chi connectivity index (χ3n) is 3.13. The van der Waals surface area contributed by atoms with E-state index in [4.69, 9.17) is 17.3 Å². The van der Waals surface area contributed by atoms with Gasteiger partial charge < -0.3 is 16.0 Å². The molecule has 2 amide bonds. The van der Waals surface area contributed by atoms with Crippen molar-refractivity contribution in [3.05, 3.63) is 58.6 Å². The number of nitrogens with two attached hydrogens (primary N) is 1. The van der Waals surface area contributed by atoms with E-state index in [-0.39, 0.29) is 16.5 Å². The van der Waals surface area contributed by atoms with Crippen molar-refractivity contribution in [2.45, 2.75) is 0 Å². The normalized spacial score (nSPS) is 10.1. The molecule has 5 nitrogen and oxygen atoms in total. The molecule has 6 heteroatoms. The number of anilines is 2. The maximum absolute atomic E-state index is 12.4. The van der Waals surface area contributed by atoms with Gasteiger partial charge in [0.1, 0.15) is 0 Å². The zero-order chi connectivity index (χ0) is 16.3. The van der Waals surface area contributed by atoms with Crippen molar-refractivity contribution in [2.75, 3.05) is 24.3 Å². The Hall–Kier alpha value is -2.53. The molecule has 0 saturated heterocycles. The van der Waals surface area contributed by atoms with Crippen LogP contribution in [-0.2, 0) is 0 Å². The summed E-state index contributed by atoms with van der Waals surface area (Å²) in [6.45, 7) is 0. The summed E-state index contributed by atoms with van der Waals surface area (Å²) >= 11 is 5.96. The molecule has 0 bridgehead atoms. The first-order valence-electron chi connectivity index (χ1n) is 6.57. The quantitative estimate of drug-likeness (QED) is 0.910. The van der Waals surface area contributed by atoms with E-state index in [9.17, 15) is 9.59 Å². The fourth-order valence-corrected chi connectivity index (χ4v) is 2.27. The summed E-state index contributed by atoms with van der Waals surface area (Å²) < 4.78 is 0. The van der Waals surface area contributed by atoms with Crippen LogP contribution in [0.15, 0.2) is 42.5 Å². The van der Waals surface area contributed by atoms with Crippen LogP contribution in [0.1, 0.15) is 20.7 Å². The summed E-state index contributed by atoms with van der Waals surface area (Å²) in [5.74, 6) is -1.03. The highest BCUT2D eigenvalue weighted by Crippen LogP contribution is 2.24. The van der Waals surface area contributed by atoms with Crippen molar-refractivity contribution in [3.8, 4) is 0 Å². The minimum atomic E-state index is -0.692. The van der Waals surface area contributed by atoms with E-state index in [1.807, 2.05) is 25.1 Å². The van der Waals surface area contributed by atoms with Gasteiger partial charge in [-0.15, -0.1) is 0 Å². The minimum Gasteiger partial charge on any atom is -0.378 e. The van der Waals surface area contributed by atoms with Crippen LogP contribution >= 0.6 is 11.6 Å². The molecular formula is C16H16ClN3O2. The second-order valence-electron chi connectivity index (χ2n) is 4.93. The molecule has 22 heavy (non-hydrogen) atoms. The summed E-state index contributed by atoms with van der Waals surface area (Å²) in [5.41, 5.74) is 7.07. The van der Waals surface area contributed by atoms with Gasteiger partial charge in [0.25, 0.3) is 11.8 Å². The molecule has 0 fully saturated rings. The molecule has 0 radical (unpaired) electrons. The number of amides is 2. The second-order valence-corrected chi connectivity index (χ2v) is 5.33. The van der Waals surface area contributed by atoms with E-state index in [1.54, 1.807) is 36.4 Å². The lowest BCUT2D eigenvalue weighted by atomic mass is 10.1. The van der Waals surface area contributed by atoms with Crippen molar-refractivity contribution < 1.29 is 9.59 Å². The number of carbonyl (C=O) groups excluding carboxylic acids is 2. The van der Waals surface area contributed by atoms with Gasteiger partial charge in [0.2, 0.25) is 0 Å². The largest absolute Gasteiger partial charge is 0.378 e. The molecule has 2 aromatic carbocycles. The lowest BCUT2D eigenvalue weighted by molar-refractivity contribution is 0.100. The lowest BCUT2D eigenvalue weighted by Crippen LogP contribution is -2.19. The van der Waals surface area contributed by atoms with Gasteiger partial charge in [-0.1, -0.05) is 23.7 Å². The molecule has 0 atom stereocenters. The first-order valence-corrected chi connectivity index (χ1v) is 6.95. The first-order chi connectivity index (χ1) is 10.4. The molecule has 0 unspecified atom stereocenters. The van der Waals surface area contributed by atoms with Crippen LogP contribution in [-0.4, -0.2) is 25.9 Å². The summed E-state index contributed by atoms with van der Waals surface area (Å²) in [6.07, 6.45) is 0. The Morgan fingerprint density at radius 3 is 2.45 bits per heavy atom. The van der Waals surface area contributed by atoms with Gasteiger partial charge in [0, 0.05) is 25.3 Å². The monoisotopic (exact) mass is 317 g/mol. The molecule has 0 aromatic heterocycles. The molecule has 2 aromatic rings. The van der Waals surface area contributed by atoms with Crippen LogP contribution < -0.4 is 16.0 Å². The Morgan fingerprint density at radius 2 is 1.82 bits per heavy atom. The number of nitrogens with zero attached hydrogens (tertiary/aromatic N) is 1. The van der Waals surface area contributed by atoms with Crippen molar-refractivity contribution in [2.24, 2.45) is 5.73 Å². The highest BCUT2D eigenvalue weighted by Gasteiger charge is 2.15. The molecule has 114 valence electrons. The molecule has 0 aliphatic carbocycles. The van der Waals surface area contributed by atoms with Gasteiger partial charge in [0.15, 0.2) is 0 Å². The van der Waals surface area contributed by atoms with Crippen molar-refractivity contribution in [1.82, 2.24) is 0 Å². The number of halogens is 1. The van der Waals surface area contributed by atoms with Gasteiger partial charge in [-0.3, -0.25) is 9.59 Å². The van der Waals surface area contributed by atoms with Crippen LogP contribution in [0.4, 0.5) is 11.4 Å². The summed E-state index contributed by atoms with van der Waals surface area (Å²) in [5, 5.41) is 2.87. The Kier molecular flexibility index (Phi) is 4.68. The van der Waals surface area contributed by atoms with Crippen molar-refractivity contribution in [1.29, 1.82) is 0 Å². The topological polar surface area (TPSA) is 75.4 Å². The summed E-state index contributed by atoms with van der Waals surface area (Å²) in [6, 6.07) is 11.9. The fourth-order valence-electron chi connectivity index (χ4n) is 2.00. The van der Waals surface area contributed by atoms with Crippen LogP contribution in [0.3, 0.4) is 0 Å². The highest BCUT2D eigenvalue weighted by atomic mass is 35.5. The third-order valence-corrected chi connectivity index (χ3v) is 3.45. The standard InChI is InChI=1S/C16H16ClN3O2/c1-20(2)11-6-3-5-10(9-11)16(22)19-13-8-4-7-12(17)14(13)15(18)21/h3-9H,1-2H3,(H2,18,21)(H,19,22). The van der Waals surface area contributed by atoms with Gasteiger partial charge in [0.05, 0.1) is 16.3 Å². The van der Waals surface area contributed by atoms with Crippen LogP contribution in [0.2, 0.25) is 5.02 Å². The van der Waals surface area contributed by atoms with Gasteiger partial charge >= 0.3 is 0 Å². The fraction of sp³-hybridized carbons (Fsp3) is 0.125. The van der Waals surface area contributed by atoms with Crippen LogP contribution in [0.25, 0.3) is 0 Å². The molecule has 0 spiro atoms. The van der Waals surface area contributed by atoms with Crippen molar-refractivity contribution >= 4 is 34.8 Å². The molecule has 0 saturated carbocycles. The zero-order valence-corrected chi connectivity index (χ0v) is 13.0. The lowest BCUT2D eigenvalue weighted by Gasteiger charge is -2.14. The molecule has 3 N–H and O–H groups in total. The second kappa shape index (κ2) is 6.49. The van der Waals surface area contributed by atoms with Crippen LogP contribution in [0, 0.1) is 0 Å². The average Bonchev–Trinajstić information content (AvgIpc) is 2.47. The molecule has 0 heterocycles. The predicted molar refractivity (Wildman–Crippen MR) is 88.7 cm³/mol. The van der Waals surface area contributed by atoms with Gasteiger partial charge in [-0.25, -0.2) is 0 Å². The Labute approximate surface area is 133 Å². The van der Waals surface area contributed by atoms with E-state index in [2.05, 4.69) is 5.32 Å². The third kappa shape index (κ3) is 3.38. The SMILES string of the molecule is CN(C)c1cccc(C(=O)Nc2cccc(Cl)c2C(N)=O)c1. The first kappa shape index (κ1) is 15.9. The maximum atomic E-state index is 12.4. The number of hydrogen-bond acceptors (Lipinski definition) is 3. The van der Waals surface area contributed by atoms with E-state index in [0.29, 0.717) is 11.3 Å². The van der Waals surface area contributed by atoms with E-state index >= 15 is 0 Å². The predicted octanol–water partition coefficient (Wildman–Crippen LogP) is 2.76. The van der Waals surface area contributed by atoms with E-state index < -0.39 is 5.91 Å². The van der Waals surface area contributed by atoms with Gasteiger partial charge in [-0.2, -0.15) is 0 Å². The average molecular weight is 318 g/mol. The smallest absolute Gasteiger partial charge is 0.255 e. The molecule has 0 aliphatic heterocycles. The van der Waals surface area contributed by atoms with Gasteiger partial charge in [-0.05, 0) is 30.3 Å².